The van der Waals surface area contributed by atoms with Crippen LogP contribution in [0.15, 0.2) is 12.4 Å². The van der Waals surface area contributed by atoms with Gasteiger partial charge in [0.1, 0.15) is 0 Å². The Balaban J connectivity index is 1.71. The van der Waals surface area contributed by atoms with Crippen molar-refractivity contribution in [2.75, 3.05) is 61.5 Å². The summed E-state index contributed by atoms with van der Waals surface area (Å²) >= 11 is 0. The zero-order valence-corrected chi connectivity index (χ0v) is 14.8. The fourth-order valence-corrected chi connectivity index (χ4v) is 2.95. The van der Waals surface area contributed by atoms with Crippen molar-refractivity contribution in [2.45, 2.75) is 6.42 Å². The molecule has 1 amide bonds. The van der Waals surface area contributed by atoms with Crippen LogP contribution in [0.25, 0.3) is 11.4 Å². The Morgan fingerprint density at radius 2 is 1.63 bits per heavy atom. The summed E-state index contributed by atoms with van der Waals surface area (Å²) < 4.78 is 5.42. The zero-order chi connectivity index (χ0) is 18.6. The van der Waals surface area contributed by atoms with Crippen LogP contribution in [0.2, 0.25) is 0 Å². The Labute approximate surface area is 156 Å². The summed E-state index contributed by atoms with van der Waals surface area (Å²) in [5, 5.41) is 2.86. The second-order valence-electron chi connectivity index (χ2n) is 6.28. The number of nitrogen functional groups attached to an aromatic ring is 1. The molecule has 4 heterocycles. The molecule has 2 aromatic heterocycles. The third-order valence-electron chi connectivity index (χ3n) is 4.43. The molecule has 2 aromatic rings. The Morgan fingerprint density at radius 1 is 0.963 bits per heavy atom. The fourth-order valence-electron chi connectivity index (χ4n) is 2.95. The van der Waals surface area contributed by atoms with Crippen LogP contribution in [0.5, 0.6) is 0 Å². The van der Waals surface area contributed by atoms with Crippen LogP contribution in [0.3, 0.4) is 0 Å². The van der Waals surface area contributed by atoms with Crippen molar-refractivity contribution in [3.05, 3.63) is 12.4 Å². The Kier molecular flexibility index (Phi) is 4.92. The van der Waals surface area contributed by atoms with Crippen LogP contribution in [0, 0.1) is 0 Å². The van der Waals surface area contributed by atoms with E-state index in [4.69, 9.17) is 10.5 Å². The van der Waals surface area contributed by atoms with Gasteiger partial charge < -0.3 is 25.6 Å². The van der Waals surface area contributed by atoms with E-state index in [1.165, 1.54) is 0 Å². The average Bonchev–Trinajstić information content (AvgIpc) is 2.93. The number of nitrogens with zero attached hydrogens (tertiary/aromatic N) is 7. The van der Waals surface area contributed by atoms with Gasteiger partial charge in [0.15, 0.2) is 5.82 Å². The van der Waals surface area contributed by atoms with Gasteiger partial charge in [0.25, 0.3) is 0 Å². The number of rotatable bonds is 3. The number of morpholine rings is 1. The molecule has 0 aromatic carbocycles. The predicted molar refractivity (Wildman–Crippen MR) is 98.1 cm³/mol. The summed E-state index contributed by atoms with van der Waals surface area (Å²) in [7, 11) is 0. The minimum absolute atomic E-state index is 0.0344. The highest BCUT2D eigenvalue weighted by atomic mass is 16.5. The minimum Gasteiger partial charge on any atom is -0.378 e. The van der Waals surface area contributed by atoms with E-state index in [1.807, 2.05) is 4.90 Å². The number of nitrogens with two attached hydrogens (primary N) is 1. The first-order valence-electron chi connectivity index (χ1n) is 8.87. The minimum atomic E-state index is 0.0344. The molecule has 0 atom stereocenters. The van der Waals surface area contributed by atoms with Gasteiger partial charge in [-0.05, 0) is 0 Å². The van der Waals surface area contributed by atoms with Crippen LogP contribution < -0.4 is 20.9 Å². The molecular formula is C16H21N9O2. The number of carbonyl (C=O) groups is 1. The number of anilines is 3. The number of hydrogen-bond acceptors (Lipinski definition) is 10. The van der Waals surface area contributed by atoms with Gasteiger partial charge in [0.05, 0.1) is 18.8 Å². The molecule has 2 fully saturated rings. The van der Waals surface area contributed by atoms with Gasteiger partial charge in [-0.1, -0.05) is 0 Å². The number of hydrogen-bond donors (Lipinski definition) is 2. The quantitative estimate of drug-likeness (QED) is 0.697. The van der Waals surface area contributed by atoms with E-state index in [1.54, 1.807) is 12.4 Å². The summed E-state index contributed by atoms with van der Waals surface area (Å²) in [6, 6.07) is 0. The molecule has 27 heavy (non-hydrogen) atoms. The number of amides is 1. The van der Waals surface area contributed by atoms with E-state index in [-0.39, 0.29) is 11.9 Å². The molecule has 2 aliphatic heterocycles. The second-order valence-corrected chi connectivity index (χ2v) is 6.28. The molecule has 4 rings (SSSR count). The molecule has 2 saturated heterocycles. The smallest absolute Gasteiger partial charge is 0.230 e. The van der Waals surface area contributed by atoms with Gasteiger partial charge in [-0.3, -0.25) is 4.79 Å². The van der Waals surface area contributed by atoms with Gasteiger partial charge in [-0.15, -0.1) is 0 Å². The molecule has 3 N–H and O–H groups in total. The van der Waals surface area contributed by atoms with Crippen LogP contribution in [0.4, 0.5) is 17.8 Å². The summed E-state index contributed by atoms with van der Waals surface area (Å²) in [4.78, 5) is 37.6. The molecule has 0 unspecified atom stereocenters. The van der Waals surface area contributed by atoms with Crippen molar-refractivity contribution in [3.8, 4) is 11.4 Å². The summed E-state index contributed by atoms with van der Waals surface area (Å²) in [6.07, 6.45) is 3.59. The van der Waals surface area contributed by atoms with Crippen molar-refractivity contribution in [2.24, 2.45) is 0 Å². The van der Waals surface area contributed by atoms with Crippen LogP contribution in [-0.2, 0) is 9.53 Å². The summed E-state index contributed by atoms with van der Waals surface area (Å²) in [5.74, 6) is 1.82. The van der Waals surface area contributed by atoms with Crippen LogP contribution in [0.1, 0.15) is 6.42 Å². The van der Waals surface area contributed by atoms with Crippen LogP contribution in [-0.4, -0.2) is 76.8 Å². The van der Waals surface area contributed by atoms with Crippen molar-refractivity contribution >= 4 is 23.8 Å². The largest absolute Gasteiger partial charge is 0.378 e. The lowest BCUT2D eigenvalue weighted by Crippen LogP contribution is -2.38. The van der Waals surface area contributed by atoms with E-state index < -0.39 is 0 Å². The fraction of sp³-hybridized carbons (Fsp3) is 0.500. The average molecular weight is 371 g/mol. The molecule has 0 aliphatic carbocycles. The monoisotopic (exact) mass is 371 g/mol. The SMILES string of the molecule is Nc1ncc(-c2nc(N3CCOCC3)nc(N3CCNC(=O)CC3)n2)cn1. The maximum absolute atomic E-state index is 11.7. The lowest BCUT2D eigenvalue weighted by Gasteiger charge is -2.28. The lowest BCUT2D eigenvalue weighted by atomic mass is 10.3. The van der Waals surface area contributed by atoms with E-state index in [2.05, 4.69) is 35.1 Å². The van der Waals surface area contributed by atoms with Crippen LogP contribution >= 0.6 is 0 Å². The predicted octanol–water partition coefficient (Wildman–Crippen LogP) is -0.926. The molecule has 0 bridgehead atoms. The standard InChI is InChI=1S/C16H21N9O2/c17-14-19-9-11(10-20-14)13-21-15(24-3-1-12(26)18-2-4-24)23-16(22-13)25-5-7-27-8-6-25/h9-10H,1-8H2,(H,18,26)(H2,17,19,20). The van der Waals surface area contributed by atoms with Gasteiger partial charge in [0, 0.05) is 51.5 Å². The van der Waals surface area contributed by atoms with E-state index in [0.29, 0.717) is 75.6 Å². The first-order valence-corrected chi connectivity index (χ1v) is 8.87. The van der Waals surface area contributed by atoms with Crippen molar-refractivity contribution in [3.63, 3.8) is 0 Å². The zero-order valence-electron chi connectivity index (χ0n) is 14.8. The number of carbonyl (C=O) groups excluding carboxylic acids is 1. The van der Waals surface area contributed by atoms with E-state index in [0.717, 1.165) is 0 Å². The highest BCUT2D eigenvalue weighted by molar-refractivity contribution is 5.77. The summed E-state index contributed by atoms with van der Waals surface area (Å²) in [5.41, 5.74) is 6.24. The van der Waals surface area contributed by atoms with Crippen molar-refractivity contribution in [1.82, 2.24) is 30.2 Å². The normalized spacial score (nSPS) is 18.1. The molecule has 11 heteroatoms. The Bertz CT molecular complexity index is 808. The Morgan fingerprint density at radius 3 is 2.33 bits per heavy atom. The number of nitrogens with one attached hydrogen (secondary N) is 1. The molecule has 0 saturated carbocycles. The molecule has 2 aliphatic rings. The molecule has 0 radical (unpaired) electrons. The van der Waals surface area contributed by atoms with Crippen molar-refractivity contribution < 1.29 is 9.53 Å². The first-order chi connectivity index (χ1) is 13.2. The third kappa shape index (κ3) is 4.03. The highest BCUT2D eigenvalue weighted by Gasteiger charge is 2.22. The van der Waals surface area contributed by atoms with Crippen molar-refractivity contribution in [1.29, 1.82) is 0 Å². The summed E-state index contributed by atoms with van der Waals surface area (Å²) in [6.45, 7) is 4.42. The molecule has 11 nitrogen and oxygen atoms in total. The van der Waals surface area contributed by atoms with E-state index >= 15 is 0 Å². The van der Waals surface area contributed by atoms with Gasteiger partial charge in [-0.2, -0.15) is 15.0 Å². The molecule has 0 spiro atoms. The highest BCUT2D eigenvalue weighted by Crippen LogP contribution is 2.22. The topological polar surface area (TPSA) is 135 Å². The molecule has 142 valence electrons. The second kappa shape index (κ2) is 7.66. The molecular weight excluding hydrogens is 350 g/mol. The lowest BCUT2D eigenvalue weighted by molar-refractivity contribution is -0.120. The number of ether oxygens (including phenoxy) is 1. The third-order valence-corrected chi connectivity index (χ3v) is 4.43. The Hall–Kier alpha value is -3.08. The number of aromatic nitrogens is 5. The maximum atomic E-state index is 11.7. The van der Waals surface area contributed by atoms with Gasteiger partial charge in [0.2, 0.25) is 23.8 Å². The maximum Gasteiger partial charge on any atom is 0.230 e. The van der Waals surface area contributed by atoms with E-state index in [9.17, 15) is 4.79 Å². The first kappa shape index (κ1) is 17.3. The van der Waals surface area contributed by atoms with Gasteiger partial charge >= 0.3 is 0 Å². The van der Waals surface area contributed by atoms with Gasteiger partial charge in [-0.25, -0.2) is 9.97 Å².